The maximum absolute atomic E-state index is 12.9. The zero-order chi connectivity index (χ0) is 22.3. The Morgan fingerprint density at radius 1 is 1.20 bits per heavy atom. The molecule has 0 radical (unpaired) electrons. The number of hydrogen-bond donors (Lipinski definition) is 1. The van der Waals surface area contributed by atoms with Gasteiger partial charge < -0.3 is 5.11 Å². The Labute approximate surface area is 178 Å². The van der Waals surface area contributed by atoms with Crippen LogP contribution in [0.25, 0.3) is 10.4 Å². The summed E-state index contributed by atoms with van der Waals surface area (Å²) in [6.07, 6.45) is 2.55. The van der Waals surface area contributed by atoms with Crippen molar-refractivity contribution in [1.82, 2.24) is 13.5 Å². The molecular formula is C18H19N3O6S3. The number of benzene rings is 1. The van der Waals surface area contributed by atoms with Crippen molar-refractivity contribution in [2.75, 3.05) is 14.1 Å². The van der Waals surface area contributed by atoms with Crippen LogP contribution in [0, 0.1) is 6.92 Å². The van der Waals surface area contributed by atoms with E-state index >= 15 is 0 Å². The summed E-state index contributed by atoms with van der Waals surface area (Å²) in [5.74, 6) is -1.74. The van der Waals surface area contributed by atoms with Crippen LogP contribution in [0.4, 0.5) is 0 Å². The third-order valence-corrected chi connectivity index (χ3v) is 8.95. The van der Waals surface area contributed by atoms with E-state index in [2.05, 4.69) is 5.10 Å². The summed E-state index contributed by atoms with van der Waals surface area (Å²) in [5.41, 5.74) is 1.07. The van der Waals surface area contributed by atoms with E-state index in [0.29, 0.717) is 16.0 Å². The predicted molar refractivity (Wildman–Crippen MR) is 113 cm³/mol. The maximum Gasteiger partial charge on any atom is 0.346 e. The fraction of sp³-hybridized carbons (Fsp3) is 0.222. The van der Waals surface area contributed by atoms with Crippen LogP contribution < -0.4 is 0 Å². The van der Waals surface area contributed by atoms with Gasteiger partial charge in [0.25, 0.3) is 0 Å². The number of thiophene rings is 1. The lowest BCUT2D eigenvalue weighted by atomic mass is 10.2. The monoisotopic (exact) mass is 469 g/mol. The van der Waals surface area contributed by atoms with Crippen LogP contribution in [-0.4, -0.2) is 55.5 Å². The highest BCUT2D eigenvalue weighted by Gasteiger charge is 2.25. The van der Waals surface area contributed by atoms with Gasteiger partial charge in [0.05, 0.1) is 23.0 Å². The van der Waals surface area contributed by atoms with Crippen molar-refractivity contribution < 1.29 is 26.7 Å². The standard InChI is InChI=1S/C18H19N3O6S3/c1-12-6-4-5-7-16(12)29(24,25)11-13-8-15(28-17(13)18(22)23)14-9-19-21(10-14)30(26,27)20(2)3/h4-10H,11H2,1-3H3,(H,22,23). The van der Waals surface area contributed by atoms with Gasteiger partial charge in [-0.1, -0.05) is 18.2 Å². The lowest BCUT2D eigenvalue weighted by Crippen LogP contribution is -2.29. The molecule has 30 heavy (non-hydrogen) atoms. The van der Waals surface area contributed by atoms with Gasteiger partial charge in [-0.25, -0.2) is 13.2 Å². The normalized spacial score (nSPS) is 12.4. The van der Waals surface area contributed by atoms with Crippen molar-refractivity contribution >= 4 is 37.4 Å². The molecule has 0 atom stereocenters. The Morgan fingerprint density at radius 2 is 1.87 bits per heavy atom. The molecule has 0 aliphatic carbocycles. The molecule has 0 aliphatic rings. The molecule has 3 rings (SSSR count). The number of aromatic carboxylic acids is 1. The summed E-state index contributed by atoms with van der Waals surface area (Å²) < 4.78 is 51.9. The number of carboxylic acid groups (broad SMARTS) is 1. The molecule has 0 fully saturated rings. The van der Waals surface area contributed by atoms with Gasteiger partial charge in [0.15, 0.2) is 9.84 Å². The van der Waals surface area contributed by atoms with Gasteiger partial charge in [-0.05, 0) is 30.2 Å². The smallest absolute Gasteiger partial charge is 0.346 e. The molecule has 3 aromatic rings. The van der Waals surface area contributed by atoms with Crippen molar-refractivity contribution in [2.24, 2.45) is 0 Å². The van der Waals surface area contributed by atoms with Crippen LogP contribution >= 0.6 is 11.3 Å². The fourth-order valence-corrected chi connectivity index (χ4v) is 6.24. The first kappa shape index (κ1) is 22.2. The van der Waals surface area contributed by atoms with Crippen molar-refractivity contribution in [3.63, 3.8) is 0 Å². The molecule has 2 aromatic heterocycles. The third-order valence-electron chi connectivity index (χ3n) is 4.32. The summed E-state index contributed by atoms with van der Waals surface area (Å²) in [4.78, 5) is 12.1. The Morgan fingerprint density at radius 3 is 2.47 bits per heavy atom. The highest BCUT2D eigenvalue weighted by Crippen LogP contribution is 2.34. The lowest BCUT2D eigenvalue weighted by molar-refractivity contribution is 0.0701. The topological polar surface area (TPSA) is 127 Å². The molecule has 9 nitrogen and oxygen atoms in total. The Balaban J connectivity index is 2.03. The minimum atomic E-state index is -3.82. The summed E-state index contributed by atoms with van der Waals surface area (Å²) in [6.45, 7) is 1.67. The molecular weight excluding hydrogens is 450 g/mol. The van der Waals surface area contributed by atoms with Crippen LogP contribution in [0.1, 0.15) is 20.8 Å². The second kappa shape index (κ2) is 7.95. The van der Waals surface area contributed by atoms with E-state index in [1.807, 2.05) is 0 Å². The molecule has 0 spiro atoms. The number of hydrogen-bond acceptors (Lipinski definition) is 7. The molecule has 160 valence electrons. The van der Waals surface area contributed by atoms with Crippen molar-refractivity contribution in [3.8, 4) is 10.4 Å². The largest absolute Gasteiger partial charge is 0.477 e. The molecule has 1 aromatic carbocycles. The van der Waals surface area contributed by atoms with E-state index in [-0.39, 0.29) is 15.3 Å². The minimum Gasteiger partial charge on any atom is -0.477 e. The summed E-state index contributed by atoms with van der Waals surface area (Å²) in [7, 11) is -4.88. The zero-order valence-electron chi connectivity index (χ0n) is 16.3. The van der Waals surface area contributed by atoms with Gasteiger partial charge in [-0.3, -0.25) is 0 Å². The number of aryl methyl sites for hydroxylation is 1. The maximum atomic E-state index is 12.9. The Kier molecular flexibility index (Phi) is 5.87. The molecule has 2 heterocycles. The highest BCUT2D eigenvalue weighted by atomic mass is 32.2. The van der Waals surface area contributed by atoms with Gasteiger partial charge in [0, 0.05) is 24.5 Å². The number of aromatic nitrogens is 2. The molecule has 0 saturated carbocycles. The van der Waals surface area contributed by atoms with Crippen LogP contribution in [0.5, 0.6) is 0 Å². The predicted octanol–water partition coefficient (Wildman–Crippen LogP) is 2.25. The van der Waals surface area contributed by atoms with Crippen LogP contribution in [0.15, 0.2) is 47.6 Å². The van der Waals surface area contributed by atoms with E-state index in [1.165, 1.54) is 38.6 Å². The third kappa shape index (κ3) is 4.17. The number of rotatable bonds is 7. The van der Waals surface area contributed by atoms with Gasteiger partial charge in [0.2, 0.25) is 0 Å². The van der Waals surface area contributed by atoms with Gasteiger partial charge >= 0.3 is 16.2 Å². The first-order valence-corrected chi connectivity index (χ1v) is 12.4. The summed E-state index contributed by atoms with van der Waals surface area (Å²) in [5, 5.41) is 13.4. The molecule has 0 amide bonds. The zero-order valence-corrected chi connectivity index (χ0v) is 18.8. The van der Waals surface area contributed by atoms with Gasteiger partial charge in [0.1, 0.15) is 4.88 Å². The van der Waals surface area contributed by atoms with Crippen LogP contribution in [0.2, 0.25) is 0 Å². The van der Waals surface area contributed by atoms with E-state index in [9.17, 15) is 26.7 Å². The average Bonchev–Trinajstić information content (AvgIpc) is 3.28. The van der Waals surface area contributed by atoms with E-state index < -0.39 is 31.8 Å². The summed E-state index contributed by atoms with van der Waals surface area (Å²) in [6, 6.07) is 7.93. The Bertz CT molecular complexity index is 1320. The quantitative estimate of drug-likeness (QED) is 0.562. The molecule has 0 saturated heterocycles. The lowest BCUT2D eigenvalue weighted by Gasteiger charge is -2.09. The molecule has 1 N–H and O–H groups in total. The molecule has 0 bridgehead atoms. The van der Waals surface area contributed by atoms with Crippen molar-refractivity contribution in [2.45, 2.75) is 17.6 Å². The van der Waals surface area contributed by atoms with E-state index in [1.54, 1.807) is 25.1 Å². The molecule has 0 unspecified atom stereocenters. The van der Waals surface area contributed by atoms with E-state index in [4.69, 9.17) is 0 Å². The number of nitrogens with zero attached hydrogens (tertiary/aromatic N) is 3. The number of sulfone groups is 1. The molecule has 12 heteroatoms. The first-order chi connectivity index (χ1) is 13.9. The molecule has 0 aliphatic heterocycles. The second-order valence-corrected chi connectivity index (χ2v) is 11.7. The van der Waals surface area contributed by atoms with Crippen molar-refractivity contribution in [3.05, 3.63) is 58.7 Å². The highest BCUT2D eigenvalue weighted by molar-refractivity contribution is 7.90. The Hall–Kier alpha value is -2.54. The van der Waals surface area contributed by atoms with E-state index in [0.717, 1.165) is 19.7 Å². The van der Waals surface area contributed by atoms with Gasteiger partial charge in [-0.15, -0.1) is 11.3 Å². The van der Waals surface area contributed by atoms with Gasteiger partial charge in [-0.2, -0.15) is 21.9 Å². The second-order valence-electron chi connectivity index (χ2n) is 6.69. The fourth-order valence-electron chi connectivity index (χ4n) is 2.77. The number of carbonyl (C=O) groups is 1. The average molecular weight is 470 g/mol. The number of carboxylic acids is 1. The first-order valence-electron chi connectivity index (χ1n) is 8.56. The SMILES string of the molecule is Cc1ccccc1S(=O)(=O)Cc1cc(-c2cnn(S(=O)(=O)N(C)C)c2)sc1C(=O)O. The van der Waals surface area contributed by atoms with Crippen LogP contribution in [0.3, 0.4) is 0 Å². The minimum absolute atomic E-state index is 0.120. The van der Waals surface area contributed by atoms with Crippen LogP contribution in [-0.2, 0) is 25.8 Å². The summed E-state index contributed by atoms with van der Waals surface area (Å²) >= 11 is 0.867. The van der Waals surface area contributed by atoms with Crippen molar-refractivity contribution in [1.29, 1.82) is 0 Å².